The van der Waals surface area contributed by atoms with E-state index < -0.39 is 62.3 Å². The number of carbonyl (C=O) groups is 3. The summed E-state index contributed by atoms with van der Waals surface area (Å²) >= 11 is 0. The van der Waals surface area contributed by atoms with E-state index in [2.05, 4.69) is 6.58 Å². The third-order valence-corrected chi connectivity index (χ3v) is 4.93. The van der Waals surface area contributed by atoms with Gasteiger partial charge in [-0.05, 0) is 25.5 Å². The zero-order valence-electron chi connectivity index (χ0n) is 14.3. The number of hydrogen-bond acceptors (Lipinski definition) is 6. The van der Waals surface area contributed by atoms with Crippen molar-refractivity contribution in [2.24, 2.45) is 0 Å². The number of alkyl halides is 2. The number of ether oxygens (including phenoxy) is 2. The molecule has 12 heteroatoms. The van der Waals surface area contributed by atoms with Gasteiger partial charge in [0.15, 0.2) is 11.7 Å². The molecule has 2 N–H and O–H groups in total. The quantitative estimate of drug-likeness (QED) is 0.203. The maximum atomic E-state index is 14.9. The monoisotopic (exact) mass is 409 g/mol. The molecule has 0 spiro atoms. The highest BCUT2D eigenvalue weighted by Crippen LogP contribution is 2.43. The van der Waals surface area contributed by atoms with Gasteiger partial charge in [-0.15, -0.1) is 0 Å². The SMILES string of the molecule is C=C(C)C(=O)OCC12C=CC(O1)C(=O)N(CCCP(=O)(O)O)C(=O)C2(F)F. The van der Waals surface area contributed by atoms with Gasteiger partial charge in [0, 0.05) is 12.1 Å². The molecule has 27 heavy (non-hydrogen) atoms. The predicted octanol–water partition coefficient (Wildman–Crippen LogP) is 0.371. The summed E-state index contributed by atoms with van der Waals surface area (Å²) in [5.41, 5.74) is -2.71. The van der Waals surface area contributed by atoms with Gasteiger partial charge < -0.3 is 19.3 Å². The summed E-state index contributed by atoms with van der Waals surface area (Å²) < 4.78 is 50.4. The molecule has 2 heterocycles. The van der Waals surface area contributed by atoms with E-state index in [0.29, 0.717) is 0 Å². The summed E-state index contributed by atoms with van der Waals surface area (Å²) in [6.45, 7) is 2.98. The fraction of sp³-hybridized carbons (Fsp3) is 0.533. The van der Waals surface area contributed by atoms with Crippen molar-refractivity contribution in [3.8, 4) is 0 Å². The van der Waals surface area contributed by atoms with Gasteiger partial charge in [-0.1, -0.05) is 6.58 Å². The van der Waals surface area contributed by atoms with Crippen LogP contribution in [0.15, 0.2) is 24.3 Å². The Morgan fingerprint density at radius 2 is 2.07 bits per heavy atom. The van der Waals surface area contributed by atoms with Gasteiger partial charge in [0.05, 0.1) is 6.16 Å². The summed E-state index contributed by atoms with van der Waals surface area (Å²) in [6.07, 6.45) is -0.732. The molecule has 2 rings (SSSR count). The Morgan fingerprint density at radius 3 is 2.63 bits per heavy atom. The van der Waals surface area contributed by atoms with Gasteiger partial charge in [-0.2, -0.15) is 8.78 Å². The summed E-state index contributed by atoms with van der Waals surface area (Å²) in [4.78, 5) is 54.0. The van der Waals surface area contributed by atoms with Gasteiger partial charge in [-0.25, -0.2) is 4.79 Å². The molecule has 150 valence electrons. The standard InChI is InChI=1S/C15H18F2NO8P/c1-9(2)12(20)25-8-14-5-4-10(26-14)11(19)18(13(21)15(14,16)17)6-3-7-27(22,23)24/h4-5,10H,1,3,6-8H2,2H3,(H2,22,23,24). The van der Waals surface area contributed by atoms with Crippen LogP contribution < -0.4 is 0 Å². The first-order chi connectivity index (χ1) is 12.3. The lowest BCUT2D eigenvalue weighted by molar-refractivity contribution is -0.204. The Kier molecular flexibility index (Phi) is 5.72. The molecule has 0 aromatic carbocycles. The predicted molar refractivity (Wildman–Crippen MR) is 85.7 cm³/mol. The van der Waals surface area contributed by atoms with Crippen LogP contribution in [0.4, 0.5) is 8.78 Å². The second kappa shape index (κ2) is 7.23. The van der Waals surface area contributed by atoms with Gasteiger partial charge >= 0.3 is 25.4 Å². The molecule has 0 aromatic rings. The van der Waals surface area contributed by atoms with Crippen molar-refractivity contribution in [2.75, 3.05) is 19.3 Å². The Labute approximate surface area is 152 Å². The summed E-state index contributed by atoms with van der Waals surface area (Å²) in [5.74, 6) is -8.21. The molecule has 2 amide bonds. The van der Waals surface area contributed by atoms with Gasteiger partial charge in [-0.3, -0.25) is 19.1 Å². The number of esters is 1. The molecule has 0 radical (unpaired) electrons. The summed E-state index contributed by atoms with van der Waals surface area (Å²) in [7, 11) is -4.42. The molecule has 2 unspecified atom stereocenters. The number of nitrogens with zero attached hydrogens (tertiary/aromatic N) is 1. The Bertz CT molecular complexity index is 761. The molecular weight excluding hydrogens is 391 g/mol. The second-order valence-electron chi connectivity index (χ2n) is 6.25. The fourth-order valence-electron chi connectivity index (χ4n) is 2.58. The normalized spacial score (nSPS) is 26.9. The number of rotatable bonds is 7. The highest BCUT2D eigenvalue weighted by molar-refractivity contribution is 7.51. The number of fused-ring (bicyclic) bond motifs is 2. The molecule has 1 saturated heterocycles. The van der Waals surface area contributed by atoms with Crippen molar-refractivity contribution < 1.29 is 47.0 Å². The molecule has 2 aliphatic rings. The number of hydrogen-bond donors (Lipinski definition) is 2. The van der Waals surface area contributed by atoms with Crippen LogP contribution in [0.5, 0.6) is 0 Å². The minimum absolute atomic E-state index is 0.0525. The van der Waals surface area contributed by atoms with Crippen LogP contribution in [-0.4, -0.2) is 69.4 Å². The minimum atomic E-state index is -4.42. The molecule has 2 aliphatic heterocycles. The van der Waals surface area contributed by atoms with Crippen LogP contribution >= 0.6 is 7.60 Å². The van der Waals surface area contributed by atoms with Crippen LogP contribution in [0.2, 0.25) is 0 Å². The smallest absolute Gasteiger partial charge is 0.360 e. The van der Waals surface area contributed by atoms with E-state index in [1.807, 2.05) is 0 Å². The molecule has 2 bridgehead atoms. The maximum Gasteiger partial charge on any atom is 0.360 e. The van der Waals surface area contributed by atoms with Crippen LogP contribution in [-0.2, 0) is 28.4 Å². The maximum absolute atomic E-state index is 14.9. The second-order valence-corrected chi connectivity index (χ2v) is 8.03. The largest absolute Gasteiger partial charge is 0.459 e. The lowest BCUT2D eigenvalue weighted by Gasteiger charge is -2.33. The first kappa shape index (κ1) is 21.4. The van der Waals surface area contributed by atoms with E-state index in [1.54, 1.807) is 0 Å². The van der Waals surface area contributed by atoms with E-state index in [9.17, 15) is 27.7 Å². The first-order valence-electron chi connectivity index (χ1n) is 7.79. The molecular formula is C15H18F2NO8P. The fourth-order valence-corrected chi connectivity index (χ4v) is 3.13. The van der Waals surface area contributed by atoms with Crippen LogP contribution in [0, 0.1) is 0 Å². The van der Waals surface area contributed by atoms with Crippen molar-refractivity contribution in [3.05, 3.63) is 24.3 Å². The highest BCUT2D eigenvalue weighted by atomic mass is 31.2. The van der Waals surface area contributed by atoms with Crippen molar-refractivity contribution in [1.29, 1.82) is 0 Å². The van der Waals surface area contributed by atoms with Gasteiger partial charge in [0.1, 0.15) is 6.61 Å². The van der Waals surface area contributed by atoms with Crippen LogP contribution in [0.25, 0.3) is 0 Å². The number of imide groups is 1. The average molecular weight is 409 g/mol. The molecule has 9 nitrogen and oxygen atoms in total. The first-order valence-corrected chi connectivity index (χ1v) is 9.58. The summed E-state index contributed by atoms with van der Waals surface area (Å²) in [6, 6.07) is 0. The Morgan fingerprint density at radius 1 is 1.44 bits per heavy atom. The van der Waals surface area contributed by atoms with Crippen molar-refractivity contribution in [1.82, 2.24) is 4.90 Å². The zero-order chi connectivity index (χ0) is 20.6. The molecule has 2 atom stereocenters. The van der Waals surface area contributed by atoms with E-state index in [1.165, 1.54) is 6.92 Å². The topological polar surface area (TPSA) is 130 Å². The van der Waals surface area contributed by atoms with Gasteiger partial charge in [0.25, 0.3) is 5.91 Å². The third-order valence-electron chi connectivity index (χ3n) is 4.03. The van der Waals surface area contributed by atoms with Crippen LogP contribution in [0.3, 0.4) is 0 Å². The van der Waals surface area contributed by atoms with E-state index in [4.69, 9.17) is 19.3 Å². The zero-order valence-corrected chi connectivity index (χ0v) is 15.2. The van der Waals surface area contributed by atoms with E-state index >= 15 is 0 Å². The minimum Gasteiger partial charge on any atom is -0.459 e. The van der Waals surface area contributed by atoms with Crippen molar-refractivity contribution in [2.45, 2.75) is 31.0 Å². The summed E-state index contributed by atoms with van der Waals surface area (Å²) in [5, 5.41) is 0. The number of carbonyl (C=O) groups excluding carboxylic acids is 3. The lowest BCUT2D eigenvalue weighted by Crippen LogP contribution is -2.58. The molecule has 0 aromatic heterocycles. The van der Waals surface area contributed by atoms with Crippen molar-refractivity contribution >= 4 is 25.4 Å². The Hall–Kier alpha value is -1.94. The third kappa shape index (κ3) is 4.16. The molecule has 0 aliphatic carbocycles. The molecule has 1 fully saturated rings. The average Bonchev–Trinajstić information content (AvgIpc) is 2.98. The highest BCUT2D eigenvalue weighted by Gasteiger charge is 2.67. The number of amides is 2. The van der Waals surface area contributed by atoms with Crippen molar-refractivity contribution in [3.63, 3.8) is 0 Å². The molecule has 0 saturated carbocycles. The Balaban J connectivity index is 2.25. The lowest BCUT2D eigenvalue weighted by atomic mass is 9.94. The van der Waals surface area contributed by atoms with Gasteiger partial charge in [0.2, 0.25) is 0 Å². The van der Waals surface area contributed by atoms with Crippen LogP contribution in [0.1, 0.15) is 13.3 Å². The number of halogens is 2. The van der Waals surface area contributed by atoms with E-state index in [0.717, 1.165) is 12.2 Å². The van der Waals surface area contributed by atoms with E-state index in [-0.39, 0.29) is 16.9 Å².